The Morgan fingerprint density at radius 2 is 2.26 bits per heavy atom. The van der Waals surface area contributed by atoms with Crippen molar-refractivity contribution in [1.29, 1.82) is 0 Å². The number of nitrogens with one attached hydrogen (secondary N) is 1. The Balaban J connectivity index is 1.93. The van der Waals surface area contributed by atoms with Crippen LogP contribution in [0.3, 0.4) is 0 Å². The van der Waals surface area contributed by atoms with Gasteiger partial charge in [0.25, 0.3) is 0 Å². The van der Waals surface area contributed by atoms with E-state index in [1.165, 1.54) is 0 Å². The van der Waals surface area contributed by atoms with Gasteiger partial charge in [-0.1, -0.05) is 13.3 Å². The molecular formula is C13H22N2O4. The summed E-state index contributed by atoms with van der Waals surface area (Å²) in [4.78, 5) is 24.9. The van der Waals surface area contributed by atoms with Gasteiger partial charge in [0.05, 0.1) is 19.2 Å². The van der Waals surface area contributed by atoms with Crippen molar-refractivity contribution < 1.29 is 19.4 Å². The maximum Gasteiger partial charge on any atom is 0.334 e. The van der Waals surface area contributed by atoms with E-state index in [-0.39, 0.29) is 18.5 Å². The summed E-state index contributed by atoms with van der Waals surface area (Å²) in [6.45, 7) is 3.95. The lowest BCUT2D eigenvalue weighted by Gasteiger charge is -2.36. The molecule has 0 aliphatic carbocycles. The molecule has 0 saturated carbocycles. The predicted molar refractivity (Wildman–Crippen MR) is 68.8 cm³/mol. The molecule has 2 rings (SSSR count). The summed E-state index contributed by atoms with van der Waals surface area (Å²) in [7, 11) is 0. The number of aliphatic carboxylic acids is 1. The van der Waals surface area contributed by atoms with E-state index in [2.05, 4.69) is 12.2 Å². The molecule has 0 aromatic heterocycles. The normalized spacial score (nSPS) is 32.1. The Morgan fingerprint density at radius 1 is 1.47 bits per heavy atom. The number of carbonyl (C=O) groups is 2. The maximum absolute atomic E-state index is 12.4. The van der Waals surface area contributed by atoms with Gasteiger partial charge in [-0.2, -0.15) is 0 Å². The van der Waals surface area contributed by atoms with Crippen molar-refractivity contribution in [3.63, 3.8) is 0 Å². The lowest BCUT2D eigenvalue weighted by atomic mass is 9.90. The van der Waals surface area contributed by atoms with E-state index in [1.54, 1.807) is 4.90 Å². The van der Waals surface area contributed by atoms with Gasteiger partial charge in [-0.3, -0.25) is 4.79 Å². The summed E-state index contributed by atoms with van der Waals surface area (Å²) < 4.78 is 5.14. The summed E-state index contributed by atoms with van der Waals surface area (Å²) in [5.74, 6) is -0.389. The molecule has 2 aliphatic rings. The van der Waals surface area contributed by atoms with Crippen molar-refractivity contribution >= 4 is 11.9 Å². The van der Waals surface area contributed by atoms with Crippen LogP contribution in [-0.4, -0.2) is 60.3 Å². The van der Waals surface area contributed by atoms with Crippen LogP contribution in [0.2, 0.25) is 0 Å². The van der Waals surface area contributed by atoms with Crippen LogP contribution in [0.4, 0.5) is 0 Å². The minimum Gasteiger partial charge on any atom is -0.479 e. The monoisotopic (exact) mass is 270 g/mol. The van der Waals surface area contributed by atoms with Crippen molar-refractivity contribution in [2.45, 2.75) is 38.3 Å². The zero-order valence-corrected chi connectivity index (χ0v) is 11.3. The number of carboxylic acid groups (broad SMARTS) is 1. The second-order valence-corrected chi connectivity index (χ2v) is 5.29. The van der Waals surface area contributed by atoms with Crippen molar-refractivity contribution in [3.8, 4) is 0 Å². The Labute approximate surface area is 113 Å². The molecule has 2 aliphatic heterocycles. The van der Waals surface area contributed by atoms with Gasteiger partial charge < -0.3 is 20.1 Å². The fourth-order valence-electron chi connectivity index (χ4n) is 2.77. The molecule has 1 amide bonds. The molecule has 2 heterocycles. The van der Waals surface area contributed by atoms with Crippen molar-refractivity contribution in [3.05, 3.63) is 0 Å². The van der Waals surface area contributed by atoms with Crippen LogP contribution in [0.15, 0.2) is 0 Å². The topological polar surface area (TPSA) is 78.9 Å². The number of amides is 1. The maximum atomic E-state index is 12.4. The number of rotatable bonds is 3. The predicted octanol–water partition coefficient (Wildman–Crippen LogP) is 0.0766. The molecule has 0 bridgehead atoms. The molecular weight excluding hydrogens is 248 g/mol. The zero-order chi connectivity index (χ0) is 13.8. The van der Waals surface area contributed by atoms with Crippen LogP contribution in [-0.2, 0) is 14.3 Å². The molecule has 6 heteroatoms. The van der Waals surface area contributed by atoms with Gasteiger partial charge in [0, 0.05) is 6.54 Å². The zero-order valence-electron chi connectivity index (χ0n) is 11.3. The molecule has 2 N–H and O–H groups in total. The summed E-state index contributed by atoms with van der Waals surface area (Å²) in [5, 5.41) is 12.2. The molecule has 0 aromatic carbocycles. The quantitative estimate of drug-likeness (QED) is 0.759. The van der Waals surface area contributed by atoms with Crippen LogP contribution >= 0.6 is 0 Å². The molecule has 2 saturated heterocycles. The highest BCUT2D eigenvalue weighted by molar-refractivity contribution is 5.83. The standard InChI is InChI=1S/C13H22N2O4/c1-2-9-3-4-14-10(7-9)12(16)15-5-6-19-11(8-15)13(17)18/h9-11,14H,2-8H2,1H3,(H,17,18). The molecule has 2 fully saturated rings. The highest BCUT2D eigenvalue weighted by Crippen LogP contribution is 2.21. The Kier molecular flexibility index (Phi) is 4.76. The molecule has 3 unspecified atom stereocenters. The number of morpholine rings is 1. The van der Waals surface area contributed by atoms with Crippen LogP contribution in [0.5, 0.6) is 0 Å². The third-order valence-electron chi connectivity index (χ3n) is 4.04. The summed E-state index contributed by atoms with van der Waals surface area (Å²) in [6, 6.07) is -0.161. The number of carbonyl (C=O) groups excluding carboxylic acids is 1. The fraction of sp³-hybridized carbons (Fsp3) is 0.846. The van der Waals surface area contributed by atoms with Crippen LogP contribution in [0.1, 0.15) is 26.2 Å². The first-order valence-electron chi connectivity index (χ1n) is 6.98. The summed E-state index contributed by atoms with van der Waals surface area (Å²) in [6.07, 6.45) is 2.17. The molecule has 0 radical (unpaired) electrons. The molecule has 19 heavy (non-hydrogen) atoms. The van der Waals surface area contributed by atoms with Gasteiger partial charge >= 0.3 is 5.97 Å². The Hall–Kier alpha value is -1.14. The van der Waals surface area contributed by atoms with E-state index in [9.17, 15) is 9.59 Å². The number of carboxylic acids is 1. The van der Waals surface area contributed by atoms with E-state index >= 15 is 0 Å². The largest absolute Gasteiger partial charge is 0.479 e. The number of piperidine rings is 1. The van der Waals surface area contributed by atoms with Gasteiger partial charge in [-0.25, -0.2) is 4.79 Å². The highest BCUT2D eigenvalue weighted by atomic mass is 16.5. The van der Waals surface area contributed by atoms with Gasteiger partial charge in [0.1, 0.15) is 0 Å². The van der Waals surface area contributed by atoms with Crippen LogP contribution < -0.4 is 5.32 Å². The summed E-state index contributed by atoms with van der Waals surface area (Å²) in [5.41, 5.74) is 0. The first-order valence-corrected chi connectivity index (χ1v) is 6.98. The third-order valence-corrected chi connectivity index (χ3v) is 4.04. The molecule has 6 nitrogen and oxygen atoms in total. The third kappa shape index (κ3) is 3.45. The number of hydrogen-bond donors (Lipinski definition) is 2. The van der Waals surface area contributed by atoms with E-state index in [1.807, 2.05) is 0 Å². The first-order chi connectivity index (χ1) is 9.11. The average molecular weight is 270 g/mol. The van der Waals surface area contributed by atoms with E-state index in [0.717, 1.165) is 25.8 Å². The second kappa shape index (κ2) is 6.34. The lowest BCUT2D eigenvalue weighted by molar-refractivity contribution is -0.160. The highest BCUT2D eigenvalue weighted by Gasteiger charge is 2.34. The first kappa shape index (κ1) is 14.3. The van der Waals surface area contributed by atoms with E-state index in [4.69, 9.17) is 9.84 Å². The van der Waals surface area contributed by atoms with Crippen molar-refractivity contribution in [2.75, 3.05) is 26.2 Å². The van der Waals surface area contributed by atoms with Gasteiger partial charge in [-0.05, 0) is 25.3 Å². The van der Waals surface area contributed by atoms with Gasteiger partial charge in [-0.15, -0.1) is 0 Å². The average Bonchev–Trinajstić information content (AvgIpc) is 2.46. The number of ether oxygens (including phenoxy) is 1. The SMILES string of the molecule is CCC1CCNC(C(=O)N2CCOC(C(=O)O)C2)C1. The minimum atomic E-state index is -1.000. The van der Waals surface area contributed by atoms with E-state index < -0.39 is 12.1 Å². The molecule has 3 atom stereocenters. The Bertz CT molecular complexity index is 348. The van der Waals surface area contributed by atoms with Crippen molar-refractivity contribution in [2.24, 2.45) is 5.92 Å². The second-order valence-electron chi connectivity index (χ2n) is 5.29. The van der Waals surface area contributed by atoms with Crippen molar-refractivity contribution in [1.82, 2.24) is 10.2 Å². The van der Waals surface area contributed by atoms with Crippen LogP contribution in [0.25, 0.3) is 0 Å². The number of hydrogen-bond acceptors (Lipinski definition) is 4. The molecule has 0 aromatic rings. The summed E-state index contributed by atoms with van der Waals surface area (Å²) >= 11 is 0. The van der Waals surface area contributed by atoms with E-state index in [0.29, 0.717) is 19.1 Å². The lowest BCUT2D eigenvalue weighted by Crippen LogP contribution is -2.55. The smallest absolute Gasteiger partial charge is 0.334 e. The van der Waals surface area contributed by atoms with Gasteiger partial charge in [0.15, 0.2) is 6.10 Å². The van der Waals surface area contributed by atoms with Gasteiger partial charge in [0.2, 0.25) is 5.91 Å². The molecule has 108 valence electrons. The van der Waals surface area contributed by atoms with Crippen LogP contribution in [0, 0.1) is 5.92 Å². The minimum absolute atomic E-state index is 0.0210. The molecule has 0 spiro atoms. The Morgan fingerprint density at radius 3 is 2.95 bits per heavy atom. The number of nitrogens with zero attached hydrogens (tertiary/aromatic N) is 1. The fourth-order valence-corrected chi connectivity index (χ4v) is 2.77.